The van der Waals surface area contributed by atoms with Crippen molar-refractivity contribution < 1.29 is 14.6 Å². The van der Waals surface area contributed by atoms with Crippen LogP contribution in [0.4, 0.5) is 5.69 Å². The number of aromatic carboxylic acids is 1. The molecule has 98 valence electrons. The van der Waals surface area contributed by atoms with Gasteiger partial charge in [0.1, 0.15) is 5.56 Å². The fourth-order valence-corrected chi connectivity index (χ4v) is 2.01. The summed E-state index contributed by atoms with van der Waals surface area (Å²) in [5.41, 5.74) is 1.15. The molecule has 0 radical (unpaired) electrons. The van der Waals surface area contributed by atoms with E-state index in [2.05, 4.69) is 10.3 Å². The maximum absolute atomic E-state index is 11.0. The number of nitrogens with one attached hydrogen (secondary N) is 1. The van der Waals surface area contributed by atoms with Gasteiger partial charge in [0.05, 0.1) is 5.69 Å². The van der Waals surface area contributed by atoms with Crippen LogP contribution in [0, 0.1) is 5.41 Å². The average molecular weight is 250 g/mol. The molecule has 5 heteroatoms. The van der Waals surface area contributed by atoms with E-state index in [1.54, 1.807) is 19.4 Å². The molecule has 0 saturated heterocycles. The summed E-state index contributed by atoms with van der Waals surface area (Å²) in [7, 11) is 1.70. The van der Waals surface area contributed by atoms with Crippen molar-refractivity contribution in [2.45, 2.75) is 19.3 Å². The van der Waals surface area contributed by atoms with Crippen molar-refractivity contribution in [1.82, 2.24) is 4.98 Å². The van der Waals surface area contributed by atoms with E-state index in [4.69, 9.17) is 9.84 Å². The lowest BCUT2D eigenvalue weighted by atomic mass is 10.0. The SMILES string of the molecule is COCCC1(CNc2ccncc2C(=O)O)CC1. The summed E-state index contributed by atoms with van der Waals surface area (Å²) in [6.45, 7) is 1.55. The zero-order valence-electron chi connectivity index (χ0n) is 10.5. The van der Waals surface area contributed by atoms with Crippen LogP contribution in [0.25, 0.3) is 0 Å². The quantitative estimate of drug-likeness (QED) is 0.774. The number of pyridine rings is 1. The molecule has 5 nitrogen and oxygen atoms in total. The van der Waals surface area contributed by atoms with Crippen LogP contribution in [-0.2, 0) is 4.74 Å². The van der Waals surface area contributed by atoms with Gasteiger partial charge >= 0.3 is 5.97 Å². The summed E-state index contributed by atoms with van der Waals surface area (Å²) in [6.07, 6.45) is 6.35. The minimum absolute atomic E-state index is 0.222. The number of rotatable bonds is 7. The molecular formula is C13H18N2O3. The van der Waals surface area contributed by atoms with Gasteiger partial charge in [0.15, 0.2) is 0 Å². The van der Waals surface area contributed by atoms with Crippen LogP contribution in [0.15, 0.2) is 18.5 Å². The van der Waals surface area contributed by atoms with Crippen molar-refractivity contribution in [2.24, 2.45) is 5.41 Å². The molecule has 0 bridgehead atoms. The lowest BCUT2D eigenvalue weighted by Crippen LogP contribution is -2.18. The second-order valence-corrected chi connectivity index (χ2v) is 4.82. The van der Waals surface area contributed by atoms with Gasteiger partial charge in [0, 0.05) is 32.7 Å². The number of carboxylic acids is 1. The maximum atomic E-state index is 11.0. The molecule has 1 heterocycles. The highest BCUT2D eigenvalue weighted by atomic mass is 16.5. The molecule has 1 fully saturated rings. The van der Waals surface area contributed by atoms with Crippen molar-refractivity contribution in [2.75, 3.05) is 25.6 Å². The first-order valence-corrected chi connectivity index (χ1v) is 6.07. The summed E-state index contributed by atoms with van der Waals surface area (Å²) in [4.78, 5) is 14.9. The minimum Gasteiger partial charge on any atom is -0.478 e. The number of aromatic nitrogens is 1. The molecule has 0 aliphatic heterocycles. The van der Waals surface area contributed by atoms with Crippen molar-refractivity contribution in [3.63, 3.8) is 0 Å². The Hall–Kier alpha value is -1.62. The molecule has 2 N–H and O–H groups in total. The standard InChI is InChI=1S/C13H18N2O3/c1-18-7-5-13(3-4-13)9-15-11-2-6-14-8-10(11)12(16)17/h2,6,8H,3-5,7,9H2,1H3,(H,14,15)(H,16,17). The molecular weight excluding hydrogens is 232 g/mol. The molecule has 1 aromatic heterocycles. The second-order valence-electron chi connectivity index (χ2n) is 4.82. The van der Waals surface area contributed by atoms with E-state index in [0.717, 1.165) is 19.6 Å². The smallest absolute Gasteiger partial charge is 0.339 e. The van der Waals surface area contributed by atoms with Gasteiger partial charge in [-0.3, -0.25) is 4.98 Å². The highest BCUT2D eigenvalue weighted by Crippen LogP contribution is 2.48. The van der Waals surface area contributed by atoms with Crippen LogP contribution in [0.5, 0.6) is 0 Å². The van der Waals surface area contributed by atoms with Crippen LogP contribution in [0.2, 0.25) is 0 Å². The van der Waals surface area contributed by atoms with E-state index in [1.165, 1.54) is 19.0 Å². The zero-order chi connectivity index (χ0) is 13.0. The summed E-state index contributed by atoms with van der Waals surface area (Å²) in [5.74, 6) is -0.952. The van der Waals surface area contributed by atoms with E-state index in [0.29, 0.717) is 5.69 Å². The van der Waals surface area contributed by atoms with Gasteiger partial charge in [-0.15, -0.1) is 0 Å². The first kappa shape index (κ1) is 12.8. The number of hydrogen-bond donors (Lipinski definition) is 2. The van der Waals surface area contributed by atoms with E-state index >= 15 is 0 Å². The van der Waals surface area contributed by atoms with Crippen LogP contribution >= 0.6 is 0 Å². The first-order valence-electron chi connectivity index (χ1n) is 6.07. The molecule has 18 heavy (non-hydrogen) atoms. The highest BCUT2D eigenvalue weighted by Gasteiger charge is 2.41. The third-order valence-corrected chi connectivity index (χ3v) is 3.50. The van der Waals surface area contributed by atoms with Crippen LogP contribution < -0.4 is 5.32 Å². The maximum Gasteiger partial charge on any atom is 0.339 e. The van der Waals surface area contributed by atoms with Gasteiger partial charge in [-0.05, 0) is 30.7 Å². The molecule has 2 rings (SSSR count). The molecule has 1 saturated carbocycles. The summed E-state index contributed by atoms with van der Waals surface area (Å²) in [6, 6.07) is 1.70. The Morgan fingerprint density at radius 3 is 3.00 bits per heavy atom. The lowest BCUT2D eigenvalue weighted by Gasteiger charge is -2.17. The highest BCUT2D eigenvalue weighted by molar-refractivity contribution is 5.93. The molecule has 0 spiro atoms. The van der Waals surface area contributed by atoms with Gasteiger partial charge in [0.2, 0.25) is 0 Å². The number of nitrogens with zero attached hydrogens (tertiary/aromatic N) is 1. The van der Waals surface area contributed by atoms with Gasteiger partial charge in [-0.25, -0.2) is 4.79 Å². The Labute approximate surface area is 106 Å². The normalized spacial score (nSPS) is 16.3. The monoisotopic (exact) mass is 250 g/mol. The van der Waals surface area contributed by atoms with E-state index < -0.39 is 5.97 Å². The van der Waals surface area contributed by atoms with Crippen molar-refractivity contribution in [1.29, 1.82) is 0 Å². The average Bonchev–Trinajstić information content (AvgIpc) is 3.15. The van der Waals surface area contributed by atoms with Crippen molar-refractivity contribution in [3.8, 4) is 0 Å². The Kier molecular flexibility index (Phi) is 3.81. The van der Waals surface area contributed by atoms with Crippen molar-refractivity contribution >= 4 is 11.7 Å². The Morgan fingerprint density at radius 2 is 2.39 bits per heavy atom. The molecule has 1 aromatic rings. The summed E-state index contributed by atoms with van der Waals surface area (Å²) in [5, 5.41) is 12.3. The predicted octanol–water partition coefficient (Wildman–Crippen LogP) is 2.01. The van der Waals surface area contributed by atoms with Gasteiger partial charge in [-0.2, -0.15) is 0 Å². The second kappa shape index (κ2) is 5.35. The van der Waals surface area contributed by atoms with Crippen LogP contribution in [-0.4, -0.2) is 36.3 Å². The number of carboxylic acid groups (broad SMARTS) is 1. The number of ether oxygens (including phenoxy) is 1. The Bertz CT molecular complexity index is 430. The molecule has 0 amide bonds. The Morgan fingerprint density at radius 1 is 1.61 bits per heavy atom. The summed E-state index contributed by atoms with van der Waals surface area (Å²) >= 11 is 0. The molecule has 0 aromatic carbocycles. The number of carbonyl (C=O) groups is 1. The Balaban J connectivity index is 1.96. The third kappa shape index (κ3) is 2.98. The van der Waals surface area contributed by atoms with Crippen LogP contribution in [0.3, 0.4) is 0 Å². The van der Waals surface area contributed by atoms with Gasteiger partial charge < -0.3 is 15.2 Å². The van der Waals surface area contributed by atoms with E-state index in [1.807, 2.05) is 0 Å². The lowest BCUT2D eigenvalue weighted by molar-refractivity contribution is 0.0697. The molecule has 0 unspecified atom stereocenters. The summed E-state index contributed by atoms with van der Waals surface area (Å²) < 4.78 is 5.10. The predicted molar refractivity (Wildman–Crippen MR) is 67.8 cm³/mol. The zero-order valence-corrected chi connectivity index (χ0v) is 10.5. The van der Waals surface area contributed by atoms with Gasteiger partial charge in [-0.1, -0.05) is 0 Å². The number of methoxy groups -OCH3 is 1. The molecule has 1 aliphatic rings. The fourth-order valence-electron chi connectivity index (χ4n) is 2.01. The molecule has 0 atom stereocenters. The van der Waals surface area contributed by atoms with E-state index in [-0.39, 0.29) is 11.0 Å². The molecule has 1 aliphatic carbocycles. The third-order valence-electron chi connectivity index (χ3n) is 3.50. The largest absolute Gasteiger partial charge is 0.478 e. The number of hydrogen-bond acceptors (Lipinski definition) is 4. The minimum atomic E-state index is -0.952. The fraction of sp³-hybridized carbons (Fsp3) is 0.538. The van der Waals surface area contributed by atoms with E-state index in [9.17, 15) is 4.79 Å². The first-order chi connectivity index (χ1) is 8.67. The topological polar surface area (TPSA) is 71.5 Å². The van der Waals surface area contributed by atoms with Crippen LogP contribution in [0.1, 0.15) is 29.6 Å². The van der Waals surface area contributed by atoms with Gasteiger partial charge in [0.25, 0.3) is 0 Å². The number of anilines is 1. The van der Waals surface area contributed by atoms with Crippen molar-refractivity contribution in [3.05, 3.63) is 24.0 Å².